The molecule has 2 atom stereocenters. The van der Waals surface area contributed by atoms with Gasteiger partial charge in [-0.1, -0.05) is 45.4 Å². The van der Waals surface area contributed by atoms with Gasteiger partial charge in [0, 0.05) is 34.8 Å². The Morgan fingerprint density at radius 3 is 2.40 bits per heavy atom. The molecule has 3 aromatic carbocycles. The second-order valence-corrected chi connectivity index (χ2v) is 11.3. The van der Waals surface area contributed by atoms with Crippen molar-refractivity contribution in [1.82, 2.24) is 9.78 Å². The molecule has 1 N–H and O–H groups in total. The molecule has 2 unspecified atom stereocenters. The molecule has 42 heavy (non-hydrogen) atoms. The minimum atomic E-state index is -0.346. The first-order chi connectivity index (χ1) is 20.4. The third kappa shape index (κ3) is 7.27. The number of nitrogens with one attached hydrogen (secondary N) is 1. The van der Waals surface area contributed by atoms with Crippen molar-refractivity contribution in [3.63, 3.8) is 0 Å². The monoisotopic (exact) mass is 565 g/mol. The first-order valence-electron chi connectivity index (χ1n) is 14.9. The summed E-state index contributed by atoms with van der Waals surface area (Å²) in [5, 5.41) is 7.98. The summed E-state index contributed by atoms with van der Waals surface area (Å²) in [6.45, 7) is 7.53. The number of benzene rings is 3. The molecule has 7 heteroatoms. The second kappa shape index (κ2) is 13.5. The molecule has 0 saturated heterocycles. The Morgan fingerprint density at radius 1 is 0.976 bits per heavy atom. The van der Waals surface area contributed by atoms with Gasteiger partial charge in [-0.15, -0.1) is 0 Å². The number of esters is 1. The Bertz CT molecular complexity index is 1480. The molecule has 1 aliphatic carbocycles. The van der Waals surface area contributed by atoms with E-state index in [4.69, 9.17) is 14.6 Å². The van der Waals surface area contributed by atoms with Crippen LogP contribution in [0.25, 0.3) is 16.9 Å². The third-order valence-electron chi connectivity index (χ3n) is 7.50. The van der Waals surface area contributed by atoms with Crippen LogP contribution < -0.4 is 10.1 Å². The van der Waals surface area contributed by atoms with Crippen molar-refractivity contribution < 1.29 is 19.1 Å². The van der Waals surface area contributed by atoms with Crippen LogP contribution in [0.5, 0.6) is 5.75 Å². The quantitative estimate of drug-likeness (QED) is 0.133. The molecule has 0 bridgehead atoms. The van der Waals surface area contributed by atoms with Gasteiger partial charge in [0.25, 0.3) is 0 Å². The number of nitrogens with zero attached hydrogens (tertiary/aromatic N) is 2. The Balaban J connectivity index is 1.29. The normalized spacial score (nSPS) is 15.8. The second-order valence-electron chi connectivity index (χ2n) is 11.3. The van der Waals surface area contributed by atoms with Crippen molar-refractivity contribution >= 4 is 17.6 Å². The van der Waals surface area contributed by atoms with E-state index in [1.807, 2.05) is 66.2 Å². The molecule has 0 spiro atoms. The van der Waals surface area contributed by atoms with Crippen molar-refractivity contribution in [1.29, 1.82) is 0 Å². The van der Waals surface area contributed by atoms with Gasteiger partial charge in [0.2, 0.25) is 5.91 Å². The lowest BCUT2D eigenvalue weighted by atomic mass is 10.0. The van der Waals surface area contributed by atoms with Crippen molar-refractivity contribution in [2.75, 3.05) is 18.5 Å². The fraction of sp³-hybridized carbons (Fsp3) is 0.343. The number of anilines is 1. The highest BCUT2D eigenvalue weighted by Gasteiger charge is 2.46. The van der Waals surface area contributed by atoms with Gasteiger partial charge in [0.05, 0.1) is 30.2 Å². The SMILES string of the molecule is CCCCOC(=O)c1ccc(NC(=O)C2CC2c2cn(-c3ccccc3)nc2-c2ccc(OCCC(C)C)cc2)cc1. The predicted molar refractivity (Wildman–Crippen MR) is 165 cm³/mol. The van der Waals surface area contributed by atoms with Gasteiger partial charge in [0.1, 0.15) is 5.75 Å². The van der Waals surface area contributed by atoms with Crippen LogP contribution in [-0.4, -0.2) is 34.9 Å². The fourth-order valence-electron chi connectivity index (χ4n) is 4.86. The summed E-state index contributed by atoms with van der Waals surface area (Å²) in [7, 11) is 0. The molecule has 1 amide bonds. The van der Waals surface area contributed by atoms with Crippen LogP contribution in [0.1, 0.15) is 68.3 Å². The van der Waals surface area contributed by atoms with Gasteiger partial charge in [-0.2, -0.15) is 5.10 Å². The number of amides is 1. The molecule has 1 fully saturated rings. The maximum absolute atomic E-state index is 13.2. The zero-order chi connectivity index (χ0) is 29.5. The molecule has 0 aliphatic heterocycles. The minimum absolute atomic E-state index is 0.0365. The molecule has 1 aromatic heterocycles. The molecule has 7 nitrogen and oxygen atoms in total. The minimum Gasteiger partial charge on any atom is -0.494 e. The Kier molecular flexibility index (Phi) is 9.37. The summed E-state index contributed by atoms with van der Waals surface area (Å²) in [5.74, 6) is 0.956. The van der Waals surface area contributed by atoms with E-state index in [2.05, 4.69) is 25.4 Å². The van der Waals surface area contributed by atoms with Crippen molar-refractivity contribution in [2.24, 2.45) is 11.8 Å². The summed E-state index contributed by atoms with van der Waals surface area (Å²) >= 11 is 0. The lowest BCUT2D eigenvalue weighted by molar-refractivity contribution is -0.117. The van der Waals surface area contributed by atoms with Crippen molar-refractivity contribution in [3.05, 3.63) is 96.2 Å². The molecular formula is C35H39N3O4. The predicted octanol–water partition coefficient (Wildman–Crippen LogP) is 7.66. The van der Waals surface area contributed by atoms with E-state index in [9.17, 15) is 9.59 Å². The number of carbonyl (C=O) groups excluding carboxylic acids is 2. The number of ether oxygens (including phenoxy) is 2. The van der Waals surface area contributed by atoms with Crippen LogP contribution in [0.4, 0.5) is 5.69 Å². The zero-order valence-corrected chi connectivity index (χ0v) is 24.6. The third-order valence-corrected chi connectivity index (χ3v) is 7.50. The number of unbranched alkanes of at least 4 members (excludes halogenated alkanes) is 1. The number of hydrogen-bond acceptors (Lipinski definition) is 5. The lowest BCUT2D eigenvalue weighted by Crippen LogP contribution is -2.15. The van der Waals surface area contributed by atoms with Gasteiger partial charge in [-0.25, -0.2) is 9.48 Å². The molecule has 218 valence electrons. The van der Waals surface area contributed by atoms with Gasteiger partial charge in [-0.3, -0.25) is 4.79 Å². The summed E-state index contributed by atoms with van der Waals surface area (Å²) < 4.78 is 13.1. The van der Waals surface area contributed by atoms with E-state index in [0.717, 1.165) is 53.9 Å². The number of hydrogen-bond donors (Lipinski definition) is 1. The van der Waals surface area contributed by atoms with Crippen LogP contribution in [0, 0.1) is 11.8 Å². The number of para-hydroxylation sites is 1. The molecule has 1 heterocycles. The topological polar surface area (TPSA) is 82.5 Å². The van der Waals surface area contributed by atoms with E-state index < -0.39 is 0 Å². The van der Waals surface area contributed by atoms with Gasteiger partial charge >= 0.3 is 5.97 Å². The van der Waals surface area contributed by atoms with E-state index in [-0.39, 0.29) is 23.7 Å². The standard InChI is InChI=1S/C35H39N3O4/c1-4-5-20-42-35(40)26-11-15-27(16-12-26)36-34(39)31-22-30(31)32-23-38(28-9-7-6-8-10-28)37-33(32)25-13-17-29(18-14-25)41-21-19-24(2)3/h6-18,23-24,30-31H,4-5,19-22H2,1-3H3,(H,36,39). The summed E-state index contributed by atoms with van der Waals surface area (Å²) in [4.78, 5) is 25.4. The van der Waals surface area contributed by atoms with Crippen LogP contribution in [0.15, 0.2) is 85.1 Å². The summed E-state index contributed by atoms with van der Waals surface area (Å²) in [5.41, 5.74) is 5.01. The maximum atomic E-state index is 13.2. The summed E-state index contributed by atoms with van der Waals surface area (Å²) in [6, 6.07) is 24.9. The lowest BCUT2D eigenvalue weighted by Gasteiger charge is -2.09. The highest BCUT2D eigenvalue weighted by molar-refractivity contribution is 5.96. The maximum Gasteiger partial charge on any atom is 0.338 e. The van der Waals surface area contributed by atoms with Gasteiger partial charge < -0.3 is 14.8 Å². The molecular weight excluding hydrogens is 526 g/mol. The van der Waals surface area contributed by atoms with Crippen molar-refractivity contribution in [3.8, 4) is 22.7 Å². The molecule has 4 aromatic rings. The first kappa shape index (κ1) is 29.1. The average molecular weight is 566 g/mol. The van der Waals surface area contributed by atoms with E-state index >= 15 is 0 Å². The largest absolute Gasteiger partial charge is 0.494 e. The molecule has 1 saturated carbocycles. The highest BCUT2D eigenvalue weighted by atomic mass is 16.5. The smallest absolute Gasteiger partial charge is 0.338 e. The number of aromatic nitrogens is 2. The summed E-state index contributed by atoms with van der Waals surface area (Å²) in [6.07, 6.45) is 5.61. The van der Waals surface area contributed by atoms with Gasteiger partial charge in [0.15, 0.2) is 0 Å². The van der Waals surface area contributed by atoms with E-state index in [1.54, 1.807) is 24.3 Å². The van der Waals surface area contributed by atoms with E-state index in [0.29, 0.717) is 30.4 Å². The Morgan fingerprint density at radius 2 is 1.71 bits per heavy atom. The van der Waals surface area contributed by atoms with Crippen LogP contribution in [-0.2, 0) is 9.53 Å². The van der Waals surface area contributed by atoms with Crippen LogP contribution in [0.3, 0.4) is 0 Å². The average Bonchev–Trinajstić information content (AvgIpc) is 3.68. The van der Waals surface area contributed by atoms with E-state index in [1.165, 1.54) is 0 Å². The van der Waals surface area contributed by atoms with Gasteiger partial charge in [-0.05, 0) is 85.8 Å². The Labute approximate surface area is 247 Å². The molecule has 0 radical (unpaired) electrons. The molecule has 5 rings (SSSR count). The van der Waals surface area contributed by atoms with Crippen molar-refractivity contribution in [2.45, 2.75) is 52.4 Å². The fourth-order valence-corrected chi connectivity index (χ4v) is 4.86. The zero-order valence-electron chi connectivity index (χ0n) is 24.6. The van der Waals surface area contributed by atoms with Crippen LogP contribution in [0.2, 0.25) is 0 Å². The highest BCUT2D eigenvalue weighted by Crippen LogP contribution is 2.51. The van der Waals surface area contributed by atoms with Crippen LogP contribution >= 0.6 is 0 Å². The Hall–Kier alpha value is -4.39. The molecule has 1 aliphatic rings. The first-order valence-corrected chi connectivity index (χ1v) is 14.9. The number of rotatable bonds is 13. The number of carbonyl (C=O) groups is 2.